The summed E-state index contributed by atoms with van der Waals surface area (Å²) >= 11 is 0. The van der Waals surface area contributed by atoms with Crippen molar-refractivity contribution in [2.45, 2.75) is 0 Å². The molecule has 0 amide bonds. The summed E-state index contributed by atoms with van der Waals surface area (Å²) in [5.41, 5.74) is 13.1. The standard InChI is InChI=1S/C54H36N2OSi.C18H11NO.H2/c1-3-17-39(18-4-1)58(40-19-5-2-6-20-40,42-21-15-16-38(36-42)55-48-26-11-7-22-43(48)44-23-8-12-27-49(44)55)41-32-30-37(31-33-41)56-50-28-13-9-24-45(50)46-34-35-52-53(54(46)56)47-25-10-14-29-51(47)57-52;1-3-7-14-11(5-1)12-9-10-16-17(18(12)19-14)13-6-2-4-8-15(13)20-16;/h1-36H;1-10,19H;1H/i;;1+1. The number of fused-ring (bicyclic) bond motifs is 17. The van der Waals surface area contributed by atoms with Crippen LogP contribution in [0.5, 0.6) is 0 Å². The number of nitrogens with zero attached hydrogens (tertiary/aromatic N) is 2. The van der Waals surface area contributed by atoms with Crippen LogP contribution in [-0.2, 0) is 0 Å². The molecular weight excluding hydrogens is 967 g/mol. The molecule has 0 spiro atoms. The van der Waals surface area contributed by atoms with Crippen LogP contribution < -0.4 is 20.7 Å². The van der Waals surface area contributed by atoms with E-state index >= 15 is 0 Å². The number of nitrogens with one attached hydrogen (secondary N) is 1. The predicted molar refractivity (Wildman–Crippen MR) is 331 cm³/mol. The van der Waals surface area contributed by atoms with Crippen molar-refractivity contribution < 1.29 is 10.3 Å². The van der Waals surface area contributed by atoms with Crippen LogP contribution >= 0.6 is 0 Å². The third kappa shape index (κ3) is 6.54. The minimum absolute atomic E-state index is 0. The van der Waals surface area contributed by atoms with Gasteiger partial charge < -0.3 is 23.0 Å². The van der Waals surface area contributed by atoms with E-state index in [0.29, 0.717) is 0 Å². The van der Waals surface area contributed by atoms with Crippen LogP contribution in [0.4, 0.5) is 0 Å². The number of benzene rings is 12. The van der Waals surface area contributed by atoms with E-state index in [1.807, 2.05) is 18.2 Å². The van der Waals surface area contributed by atoms with Gasteiger partial charge in [-0.2, -0.15) is 0 Å². The van der Waals surface area contributed by atoms with Crippen molar-refractivity contribution in [1.29, 1.82) is 0 Å². The molecule has 6 heteroatoms. The van der Waals surface area contributed by atoms with Crippen LogP contribution in [0.15, 0.2) is 288 Å². The lowest BCUT2D eigenvalue weighted by Gasteiger charge is -2.35. The Labute approximate surface area is 450 Å². The van der Waals surface area contributed by atoms with E-state index in [-0.39, 0.29) is 1.43 Å². The summed E-state index contributed by atoms with van der Waals surface area (Å²) in [5, 5.41) is 17.5. The van der Waals surface area contributed by atoms with Gasteiger partial charge in [-0.25, -0.2) is 0 Å². The number of hydrogen-bond acceptors (Lipinski definition) is 2. The fourth-order valence-electron chi connectivity index (χ4n) is 13.0. The summed E-state index contributed by atoms with van der Waals surface area (Å²) in [6.07, 6.45) is 0. The molecule has 0 aliphatic rings. The van der Waals surface area contributed by atoms with Crippen molar-refractivity contribution >= 4 is 138 Å². The Hall–Kier alpha value is -10.1. The molecule has 17 rings (SSSR count). The maximum Gasteiger partial charge on any atom is 0.179 e. The number of H-pyrrole nitrogens is 1. The maximum atomic E-state index is 6.43. The summed E-state index contributed by atoms with van der Waals surface area (Å²) in [6.45, 7) is 0. The van der Waals surface area contributed by atoms with Crippen molar-refractivity contribution in [1.82, 2.24) is 14.1 Å². The zero-order chi connectivity index (χ0) is 51.3. The predicted octanol–water partition coefficient (Wildman–Crippen LogP) is 16.6. The van der Waals surface area contributed by atoms with E-state index in [1.165, 1.54) is 91.4 Å². The molecule has 0 bridgehead atoms. The van der Waals surface area contributed by atoms with E-state index in [0.717, 1.165) is 50.0 Å². The molecule has 5 nitrogen and oxygen atoms in total. The van der Waals surface area contributed by atoms with Crippen molar-refractivity contribution in [2.24, 2.45) is 0 Å². The maximum absolute atomic E-state index is 6.43. The Morgan fingerprint density at radius 1 is 0.295 bits per heavy atom. The molecule has 12 aromatic carbocycles. The zero-order valence-corrected chi connectivity index (χ0v) is 43.3. The second kappa shape index (κ2) is 17.5. The normalized spacial score (nSPS) is 12.1. The molecule has 78 heavy (non-hydrogen) atoms. The smallest absolute Gasteiger partial charge is 0.179 e. The third-order valence-electron chi connectivity index (χ3n) is 16.3. The molecule has 368 valence electrons. The molecule has 0 aliphatic carbocycles. The molecule has 0 aliphatic heterocycles. The average molecular weight is 1020 g/mol. The number of rotatable bonds is 6. The van der Waals surface area contributed by atoms with Gasteiger partial charge in [0, 0.05) is 61.4 Å². The minimum atomic E-state index is -2.90. The fourth-order valence-corrected chi connectivity index (χ4v) is 17.7. The van der Waals surface area contributed by atoms with Crippen molar-refractivity contribution in [3.8, 4) is 11.4 Å². The van der Waals surface area contributed by atoms with Crippen molar-refractivity contribution in [2.75, 3.05) is 0 Å². The van der Waals surface area contributed by atoms with Crippen LogP contribution in [0, 0.1) is 0 Å². The van der Waals surface area contributed by atoms with Gasteiger partial charge in [-0.1, -0.05) is 194 Å². The Bertz CT molecular complexity index is 5070. The monoisotopic (exact) mass is 1020 g/mol. The van der Waals surface area contributed by atoms with Gasteiger partial charge in [-0.05, 0) is 106 Å². The lowest BCUT2D eigenvalue weighted by molar-refractivity contribution is 0.669. The topological polar surface area (TPSA) is 51.9 Å². The summed E-state index contributed by atoms with van der Waals surface area (Å²) < 4.78 is 17.2. The molecule has 0 radical (unpaired) electrons. The van der Waals surface area contributed by atoms with Gasteiger partial charge in [0.25, 0.3) is 0 Å². The van der Waals surface area contributed by atoms with Gasteiger partial charge in [-0.15, -0.1) is 0 Å². The highest BCUT2D eigenvalue weighted by molar-refractivity contribution is 7.20. The molecular formula is C72H49N3O2Si. The van der Waals surface area contributed by atoms with E-state index < -0.39 is 8.07 Å². The van der Waals surface area contributed by atoms with Gasteiger partial charge in [0.05, 0.1) is 38.4 Å². The van der Waals surface area contributed by atoms with E-state index in [2.05, 4.69) is 275 Å². The summed E-state index contributed by atoms with van der Waals surface area (Å²) in [4.78, 5) is 3.54. The molecule has 17 aromatic rings. The van der Waals surface area contributed by atoms with Crippen LogP contribution in [0.25, 0.3) is 121 Å². The fraction of sp³-hybridized carbons (Fsp3) is 0. The number of furan rings is 2. The second-order valence-electron chi connectivity index (χ2n) is 20.4. The summed E-state index contributed by atoms with van der Waals surface area (Å²) in [7, 11) is -2.90. The summed E-state index contributed by atoms with van der Waals surface area (Å²) in [6, 6.07) is 101. The number of aromatic nitrogens is 3. The van der Waals surface area contributed by atoms with Gasteiger partial charge in [0.2, 0.25) is 0 Å². The molecule has 5 aromatic heterocycles. The Kier molecular flexibility index (Phi) is 9.89. The average Bonchev–Trinajstić information content (AvgIpc) is 4.55. The quantitative estimate of drug-likeness (QED) is 0.133. The highest BCUT2D eigenvalue weighted by Gasteiger charge is 2.42. The first-order valence-electron chi connectivity index (χ1n) is 26.7. The van der Waals surface area contributed by atoms with Crippen LogP contribution in [0.2, 0.25) is 0 Å². The van der Waals surface area contributed by atoms with Gasteiger partial charge in [-0.3, -0.25) is 0 Å². The number of hydrogen-bond donors (Lipinski definition) is 1. The van der Waals surface area contributed by atoms with E-state index in [9.17, 15) is 0 Å². The molecule has 0 atom stereocenters. The summed E-state index contributed by atoms with van der Waals surface area (Å²) in [5.74, 6) is 0. The van der Waals surface area contributed by atoms with Gasteiger partial charge >= 0.3 is 0 Å². The third-order valence-corrected chi connectivity index (χ3v) is 21.1. The van der Waals surface area contributed by atoms with Crippen molar-refractivity contribution in [3.63, 3.8) is 0 Å². The SMILES string of the molecule is [2HH].c1ccc([Si](c2ccccc2)(c2ccc(-n3c4ccccc4c4ccc5oc6ccccc6c5c43)cc2)c2cccc(-n3c4ccccc4c4ccccc43)c2)cc1.c1ccc2c(c1)[nH]c1c2ccc2oc3ccccc3c21. The Morgan fingerprint density at radius 3 is 1.38 bits per heavy atom. The molecule has 0 saturated heterocycles. The highest BCUT2D eigenvalue weighted by Crippen LogP contribution is 2.41. The first kappa shape index (κ1) is 44.2. The van der Waals surface area contributed by atoms with E-state index in [1.54, 1.807) is 0 Å². The lowest BCUT2D eigenvalue weighted by atomic mass is 10.1. The Balaban J connectivity index is 0.000000215. The highest BCUT2D eigenvalue weighted by atomic mass is 28.3. The molecule has 0 unspecified atom stereocenters. The molecule has 1 N–H and O–H groups in total. The van der Waals surface area contributed by atoms with Crippen LogP contribution in [0.1, 0.15) is 1.43 Å². The zero-order valence-electron chi connectivity index (χ0n) is 42.3. The first-order valence-corrected chi connectivity index (χ1v) is 28.7. The largest absolute Gasteiger partial charge is 0.456 e. The number of para-hydroxylation sites is 6. The Morgan fingerprint density at radius 2 is 0.756 bits per heavy atom. The molecule has 5 heterocycles. The first-order chi connectivity index (χ1) is 38.7. The lowest BCUT2D eigenvalue weighted by Crippen LogP contribution is -2.74. The van der Waals surface area contributed by atoms with Gasteiger partial charge in [0.15, 0.2) is 8.07 Å². The van der Waals surface area contributed by atoms with Crippen LogP contribution in [-0.4, -0.2) is 22.2 Å². The van der Waals surface area contributed by atoms with Gasteiger partial charge in [0.1, 0.15) is 22.3 Å². The molecule has 0 saturated carbocycles. The van der Waals surface area contributed by atoms with Crippen molar-refractivity contribution in [3.05, 3.63) is 279 Å². The van der Waals surface area contributed by atoms with Crippen LogP contribution in [0.3, 0.4) is 0 Å². The molecule has 0 fully saturated rings. The second-order valence-corrected chi connectivity index (χ2v) is 24.2. The number of aromatic amines is 1. The minimum Gasteiger partial charge on any atom is -0.456 e. The van der Waals surface area contributed by atoms with E-state index in [4.69, 9.17) is 8.83 Å².